The van der Waals surface area contributed by atoms with Gasteiger partial charge < -0.3 is 15.8 Å². The maximum Gasteiger partial charge on any atom is 0.175 e. The third kappa shape index (κ3) is 2.62. The van der Waals surface area contributed by atoms with Gasteiger partial charge in [-0.15, -0.1) is 11.3 Å². The fourth-order valence-electron chi connectivity index (χ4n) is 2.29. The first-order valence-corrected chi connectivity index (χ1v) is 7.25. The predicted molar refractivity (Wildman–Crippen MR) is 81.5 cm³/mol. The molecule has 0 radical (unpaired) electrons. The molecule has 2 aromatic rings. The highest BCUT2D eigenvalue weighted by molar-refractivity contribution is 7.09. The van der Waals surface area contributed by atoms with Crippen LogP contribution in [0.4, 0.5) is 5.82 Å². The van der Waals surface area contributed by atoms with Gasteiger partial charge in [-0.05, 0) is 25.3 Å². The van der Waals surface area contributed by atoms with Gasteiger partial charge >= 0.3 is 0 Å². The molecule has 20 heavy (non-hydrogen) atoms. The molecule has 2 rings (SSSR count). The average molecular weight is 293 g/mol. The summed E-state index contributed by atoms with van der Waals surface area (Å²) in [5.74, 6) is 0.962. The number of rotatable bonds is 5. The molecule has 0 spiro atoms. The molecular formula is C13H19N5OS. The molecule has 0 unspecified atom stereocenters. The van der Waals surface area contributed by atoms with Gasteiger partial charge in [-0.1, -0.05) is 11.2 Å². The van der Waals surface area contributed by atoms with Crippen molar-refractivity contribution in [3.63, 3.8) is 0 Å². The van der Waals surface area contributed by atoms with Gasteiger partial charge in [-0.2, -0.15) is 5.10 Å². The molecule has 0 aliphatic carbocycles. The maximum atomic E-state index is 8.97. The van der Waals surface area contributed by atoms with Crippen molar-refractivity contribution < 1.29 is 5.21 Å². The Hall–Kier alpha value is -2.02. The third-order valence-electron chi connectivity index (χ3n) is 3.16. The van der Waals surface area contributed by atoms with Gasteiger partial charge in [0.1, 0.15) is 5.82 Å². The first-order chi connectivity index (χ1) is 9.58. The summed E-state index contributed by atoms with van der Waals surface area (Å²) in [5, 5.41) is 18.5. The molecule has 2 aromatic heterocycles. The van der Waals surface area contributed by atoms with Crippen molar-refractivity contribution >= 4 is 23.0 Å². The van der Waals surface area contributed by atoms with Gasteiger partial charge in [0.2, 0.25) is 0 Å². The zero-order valence-electron chi connectivity index (χ0n) is 11.9. The van der Waals surface area contributed by atoms with Crippen LogP contribution in [0.25, 0.3) is 0 Å². The summed E-state index contributed by atoms with van der Waals surface area (Å²) in [6.45, 7) is 5.52. The van der Waals surface area contributed by atoms with Crippen LogP contribution in [-0.4, -0.2) is 27.4 Å². The Morgan fingerprint density at radius 1 is 1.60 bits per heavy atom. The van der Waals surface area contributed by atoms with E-state index in [0.29, 0.717) is 5.56 Å². The molecule has 2 heterocycles. The van der Waals surface area contributed by atoms with Gasteiger partial charge in [-0.25, -0.2) is 0 Å². The van der Waals surface area contributed by atoms with Gasteiger partial charge in [0.25, 0.3) is 0 Å². The molecule has 0 saturated carbocycles. The maximum absolute atomic E-state index is 8.97. The first kappa shape index (κ1) is 14.4. The lowest BCUT2D eigenvalue weighted by Crippen LogP contribution is -2.27. The lowest BCUT2D eigenvalue weighted by Gasteiger charge is -2.23. The second-order valence-corrected chi connectivity index (χ2v) is 5.52. The number of nitrogens with two attached hydrogens (primary N) is 1. The number of hydrogen-bond acceptors (Lipinski definition) is 5. The van der Waals surface area contributed by atoms with Crippen LogP contribution in [0.2, 0.25) is 0 Å². The Labute approximate surface area is 122 Å². The van der Waals surface area contributed by atoms with Gasteiger partial charge in [0, 0.05) is 18.5 Å². The molecule has 0 aliphatic rings. The smallest absolute Gasteiger partial charge is 0.175 e. The Morgan fingerprint density at radius 2 is 2.35 bits per heavy atom. The zero-order chi connectivity index (χ0) is 14.7. The zero-order valence-corrected chi connectivity index (χ0v) is 12.7. The summed E-state index contributed by atoms with van der Waals surface area (Å²) in [6, 6.07) is 4.13. The van der Waals surface area contributed by atoms with Crippen LogP contribution in [0.1, 0.15) is 23.1 Å². The third-order valence-corrected chi connectivity index (χ3v) is 4.03. The van der Waals surface area contributed by atoms with Crippen LogP contribution in [0.3, 0.4) is 0 Å². The fourth-order valence-corrected chi connectivity index (χ4v) is 3.01. The summed E-state index contributed by atoms with van der Waals surface area (Å²) in [7, 11) is 1.87. The molecule has 0 aliphatic heterocycles. The van der Waals surface area contributed by atoms with E-state index in [-0.39, 0.29) is 5.84 Å². The number of anilines is 1. The molecule has 0 bridgehead atoms. The number of aryl methyl sites for hydroxylation is 2. The summed E-state index contributed by atoms with van der Waals surface area (Å²) in [4.78, 5) is 3.43. The highest BCUT2D eigenvalue weighted by atomic mass is 32.1. The molecule has 108 valence electrons. The van der Waals surface area contributed by atoms with E-state index in [9.17, 15) is 0 Å². The SMILES string of the molecule is CCN(Cc1cccs1)c1c(C(N)=NO)c(C)nn1C. The van der Waals surface area contributed by atoms with Crippen molar-refractivity contribution in [3.8, 4) is 0 Å². The number of hydrogen-bond donors (Lipinski definition) is 2. The molecule has 0 fully saturated rings. The quantitative estimate of drug-likeness (QED) is 0.382. The van der Waals surface area contributed by atoms with Crippen molar-refractivity contribution in [1.82, 2.24) is 9.78 Å². The molecule has 0 atom stereocenters. The Kier molecular flexibility index (Phi) is 4.29. The van der Waals surface area contributed by atoms with Crippen molar-refractivity contribution in [2.45, 2.75) is 20.4 Å². The molecule has 0 amide bonds. The minimum absolute atomic E-state index is 0.0928. The van der Waals surface area contributed by atoms with Crippen molar-refractivity contribution in [3.05, 3.63) is 33.6 Å². The van der Waals surface area contributed by atoms with E-state index in [2.05, 4.69) is 33.5 Å². The van der Waals surface area contributed by atoms with E-state index in [1.165, 1.54) is 4.88 Å². The van der Waals surface area contributed by atoms with Crippen LogP contribution in [0.15, 0.2) is 22.7 Å². The molecule has 7 heteroatoms. The second kappa shape index (κ2) is 5.96. The minimum Gasteiger partial charge on any atom is -0.409 e. The van der Waals surface area contributed by atoms with Crippen molar-refractivity contribution in [2.75, 3.05) is 11.4 Å². The Bertz CT molecular complexity index is 603. The summed E-state index contributed by atoms with van der Waals surface area (Å²) < 4.78 is 1.78. The summed E-state index contributed by atoms with van der Waals surface area (Å²) >= 11 is 1.71. The largest absolute Gasteiger partial charge is 0.409 e. The van der Waals surface area contributed by atoms with E-state index in [0.717, 1.165) is 24.6 Å². The predicted octanol–water partition coefficient (Wildman–Crippen LogP) is 1.91. The molecule has 0 saturated heterocycles. The molecular weight excluding hydrogens is 274 g/mol. The summed E-state index contributed by atoms with van der Waals surface area (Å²) in [5.41, 5.74) is 7.24. The molecule has 6 nitrogen and oxygen atoms in total. The van der Waals surface area contributed by atoms with Crippen LogP contribution in [0.5, 0.6) is 0 Å². The number of aromatic nitrogens is 2. The van der Waals surface area contributed by atoms with Gasteiger partial charge in [0.15, 0.2) is 5.84 Å². The fraction of sp³-hybridized carbons (Fsp3) is 0.385. The lowest BCUT2D eigenvalue weighted by atomic mass is 10.2. The number of amidine groups is 1. The standard InChI is InChI=1S/C13H19N5OS/c1-4-18(8-10-6-5-7-20-10)13-11(12(14)16-19)9(2)15-17(13)3/h5-7,19H,4,8H2,1-3H3,(H2,14,16). The van der Waals surface area contributed by atoms with Crippen LogP contribution in [0, 0.1) is 6.92 Å². The Balaban J connectivity index is 2.43. The highest BCUT2D eigenvalue weighted by Gasteiger charge is 2.21. The van der Waals surface area contributed by atoms with Gasteiger partial charge in [0.05, 0.1) is 17.8 Å². The molecule has 3 N–H and O–H groups in total. The number of nitrogens with zero attached hydrogens (tertiary/aromatic N) is 4. The second-order valence-electron chi connectivity index (χ2n) is 4.49. The van der Waals surface area contributed by atoms with Crippen LogP contribution in [-0.2, 0) is 13.6 Å². The van der Waals surface area contributed by atoms with Crippen molar-refractivity contribution in [2.24, 2.45) is 17.9 Å². The molecule has 0 aromatic carbocycles. The first-order valence-electron chi connectivity index (χ1n) is 6.37. The average Bonchev–Trinajstić information content (AvgIpc) is 3.03. The lowest BCUT2D eigenvalue weighted by molar-refractivity contribution is 0.318. The van der Waals surface area contributed by atoms with E-state index in [1.807, 2.05) is 20.0 Å². The van der Waals surface area contributed by atoms with E-state index < -0.39 is 0 Å². The minimum atomic E-state index is 0.0928. The highest BCUT2D eigenvalue weighted by Crippen LogP contribution is 2.25. The summed E-state index contributed by atoms with van der Waals surface area (Å²) in [6.07, 6.45) is 0. The van der Waals surface area contributed by atoms with E-state index in [4.69, 9.17) is 10.9 Å². The normalized spacial score (nSPS) is 11.8. The Morgan fingerprint density at radius 3 is 2.90 bits per heavy atom. The van der Waals surface area contributed by atoms with E-state index >= 15 is 0 Å². The van der Waals surface area contributed by atoms with Crippen LogP contribution >= 0.6 is 11.3 Å². The number of thiophene rings is 1. The monoisotopic (exact) mass is 293 g/mol. The topological polar surface area (TPSA) is 79.7 Å². The van der Waals surface area contributed by atoms with E-state index in [1.54, 1.807) is 16.0 Å². The van der Waals surface area contributed by atoms with Crippen LogP contribution < -0.4 is 10.6 Å². The van der Waals surface area contributed by atoms with Gasteiger partial charge in [-0.3, -0.25) is 4.68 Å². The van der Waals surface area contributed by atoms with Crippen molar-refractivity contribution in [1.29, 1.82) is 0 Å². The number of oxime groups is 1.